The van der Waals surface area contributed by atoms with Crippen LogP contribution in [-0.4, -0.2) is 10.7 Å². The van der Waals surface area contributed by atoms with Crippen molar-refractivity contribution >= 4 is 0 Å². The fourth-order valence-electron chi connectivity index (χ4n) is 2.26. The summed E-state index contributed by atoms with van der Waals surface area (Å²) in [5.74, 6) is 0.762. The minimum atomic E-state index is -0.505. The molecule has 0 aromatic heterocycles. The molecule has 0 spiro atoms. The molecular formula is C13H26O. The molecular weight excluding hydrogens is 172 g/mol. The molecule has 14 heavy (non-hydrogen) atoms. The second-order valence-corrected chi connectivity index (χ2v) is 6.23. The summed E-state index contributed by atoms with van der Waals surface area (Å²) < 4.78 is 0. The lowest BCUT2D eigenvalue weighted by atomic mass is 9.70. The van der Waals surface area contributed by atoms with Crippen LogP contribution in [-0.2, 0) is 0 Å². The monoisotopic (exact) mass is 198 g/mol. The zero-order chi connectivity index (χ0) is 10.8. The number of hydrogen-bond donors (Lipinski definition) is 1. The molecule has 1 aliphatic rings. The number of aliphatic hydroxyl groups is 1. The summed E-state index contributed by atoms with van der Waals surface area (Å²) in [5.41, 5.74) is -0.501. The van der Waals surface area contributed by atoms with Gasteiger partial charge in [-0.3, -0.25) is 0 Å². The first-order chi connectivity index (χ1) is 6.33. The molecule has 0 bridgehead atoms. The highest BCUT2D eigenvalue weighted by molar-refractivity contribution is 4.88. The Morgan fingerprint density at radius 3 is 1.93 bits per heavy atom. The van der Waals surface area contributed by atoms with Gasteiger partial charge in [0, 0.05) is 0 Å². The van der Waals surface area contributed by atoms with E-state index < -0.39 is 5.60 Å². The lowest BCUT2D eigenvalue weighted by Gasteiger charge is -2.40. The predicted octanol–water partition coefficient (Wildman–Crippen LogP) is 3.75. The second kappa shape index (κ2) is 4.22. The maximum atomic E-state index is 10.4. The lowest BCUT2D eigenvalue weighted by molar-refractivity contribution is -0.0628. The van der Waals surface area contributed by atoms with Crippen molar-refractivity contribution in [1.82, 2.24) is 0 Å². The highest BCUT2D eigenvalue weighted by atomic mass is 16.3. The molecule has 1 fully saturated rings. The van der Waals surface area contributed by atoms with E-state index in [1.807, 2.05) is 6.92 Å². The van der Waals surface area contributed by atoms with Crippen LogP contribution in [0.5, 0.6) is 0 Å². The predicted molar refractivity (Wildman–Crippen MR) is 61.3 cm³/mol. The third-order valence-corrected chi connectivity index (χ3v) is 4.03. The molecule has 0 radical (unpaired) electrons. The van der Waals surface area contributed by atoms with Gasteiger partial charge in [0.1, 0.15) is 0 Å². The van der Waals surface area contributed by atoms with Gasteiger partial charge in [0.25, 0.3) is 0 Å². The van der Waals surface area contributed by atoms with E-state index in [1.54, 1.807) is 0 Å². The molecule has 1 nitrogen and oxygen atoms in total. The van der Waals surface area contributed by atoms with Crippen LogP contribution in [0.25, 0.3) is 0 Å². The van der Waals surface area contributed by atoms with Crippen molar-refractivity contribution in [2.75, 3.05) is 0 Å². The normalized spacial score (nSPS) is 24.6. The van der Waals surface area contributed by atoms with Crippen LogP contribution in [0.2, 0.25) is 0 Å². The first-order valence-electron chi connectivity index (χ1n) is 6.05. The van der Waals surface area contributed by atoms with Gasteiger partial charge < -0.3 is 5.11 Å². The minimum absolute atomic E-state index is 0.00441. The van der Waals surface area contributed by atoms with Crippen LogP contribution in [0.1, 0.15) is 66.2 Å². The summed E-state index contributed by atoms with van der Waals surface area (Å²) >= 11 is 0. The van der Waals surface area contributed by atoms with Crippen LogP contribution in [0, 0.1) is 11.3 Å². The van der Waals surface area contributed by atoms with Crippen molar-refractivity contribution < 1.29 is 5.11 Å². The summed E-state index contributed by atoms with van der Waals surface area (Å²) in [6.07, 6.45) is 7.76. The first kappa shape index (κ1) is 12.0. The molecule has 1 unspecified atom stereocenters. The molecule has 1 saturated carbocycles. The Bertz CT molecular complexity index is 170. The average Bonchev–Trinajstić information content (AvgIpc) is 2.03. The molecule has 0 aromatic carbocycles. The summed E-state index contributed by atoms with van der Waals surface area (Å²) in [4.78, 5) is 0. The largest absolute Gasteiger partial charge is 0.390 e. The molecule has 0 heterocycles. The Kier molecular flexibility index (Phi) is 3.63. The van der Waals surface area contributed by atoms with E-state index in [-0.39, 0.29) is 5.41 Å². The molecule has 1 atom stereocenters. The average molecular weight is 198 g/mol. The van der Waals surface area contributed by atoms with E-state index in [1.165, 1.54) is 32.1 Å². The van der Waals surface area contributed by atoms with E-state index in [9.17, 15) is 5.11 Å². The van der Waals surface area contributed by atoms with Gasteiger partial charge in [0.2, 0.25) is 0 Å². The Labute approximate surface area is 88.9 Å². The van der Waals surface area contributed by atoms with Crippen LogP contribution >= 0.6 is 0 Å². The summed E-state index contributed by atoms with van der Waals surface area (Å²) in [7, 11) is 0. The Morgan fingerprint density at radius 1 is 1.00 bits per heavy atom. The molecule has 84 valence electrons. The molecule has 1 heteroatoms. The maximum absolute atomic E-state index is 10.4. The van der Waals surface area contributed by atoms with Crippen LogP contribution in [0.4, 0.5) is 0 Å². The highest BCUT2D eigenvalue weighted by Gasteiger charge is 2.37. The van der Waals surface area contributed by atoms with Gasteiger partial charge >= 0.3 is 0 Å². The Morgan fingerprint density at radius 2 is 1.50 bits per heavy atom. The maximum Gasteiger partial charge on any atom is 0.0670 e. The van der Waals surface area contributed by atoms with Crippen molar-refractivity contribution in [2.45, 2.75) is 71.8 Å². The van der Waals surface area contributed by atoms with Crippen LogP contribution in [0.15, 0.2) is 0 Å². The van der Waals surface area contributed by atoms with Gasteiger partial charge in [-0.1, -0.05) is 52.9 Å². The zero-order valence-corrected chi connectivity index (χ0v) is 10.3. The van der Waals surface area contributed by atoms with E-state index in [0.29, 0.717) is 0 Å². The summed E-state index contributed by atoms with van der Waals surface area (Å²) in [6.45, 7) is 8.41. The second-order valence-electron chi connectivity index (χ2n) is 6.23. The van der Waals surface area contributed by atoms with Crippen molar-refractivity contribution in [3.05, 3.63) is 0 Å². The standard InChI is InChI=1S/C13H26O/c1-12(2,3)13(4,14)10-11-8-6-5-7-9-11/h11,14H,5-10H2,1-4H3. The molecule has 0 saturated heterocycles. The molecule has 0 aliphatic heterocycles. The van der Waals surface area contributed by atoms with Crippen LogP contribution < -0.4 is 0 Å². The van der Waals surface area contributed by atoms with Crippen molar-refractivity contribution in [3.63, 3.8) is 0 Å². The minimum Gasteiger partial charge on any atom is -0.390 e. The highest BCUT2D eigenvalue weighted by Crippen LogP contribution is 2.39. The third-order valence-electron chi connectivity index (χ3n) is 4.03. The Hall–Kier alpha value is -0.0400. The Balaban J connectivity index is 2.49. The van der Waals surface area contributed by atoms with Gasteiger partial charge in [-0.05, 0) is 24.7 Å². The van der Waals surface area contributed by atoms with Gasteiger partial charge in [-0.15, -0.1) is 0 Å². The fourth-order valence-corrected chi connectivity index (χ4v) is 2.26. The molecule has 0 amide bonds. The van der Waals surface area contributed by atoms with Crippen molar-refractivity contribution in [3.8, 4) is 0 Å². The van der Waals surface area contributed by atoms with E-state index in [4.69, 9.17) is 0 Å². The van der Waals surface area contributed by atoms with Gasteiger partial charge in [-0.2, -0.15) is 0 Å². The summed E-state index contributed by atoms with van der Waals surface area (Å²) in [5, 5.41) is 10.4. The van der Waals surface area contributed by atoms with E-state index in [2.05, 4.69) is 20.8 Å². The van der Waals surface area contributed by atoms with Crippen LogP contribution in [0.3, 0.4) is 0 Å². The first-order valence-corrected chi connectivity index (χ1v) is 6.05. The fraction of sp³-hybridized carbons (Fsp3) is 1.00. The van der Waals surface area contributed by atoms with Crippen molar-refractivity contribution in [2.24, 2.45) is 11.3 Å². The lowest BCUT2D eigenvalue weighted by Crippen LogP contribution is -2.41. The van der Waals surface area contributed by atoms with Crippen molar-refractivity contribution in [1.29, 1.82) is 0 Å². The molecule has 1 rings (SSSR count). The number of rotatable bonds is 2. The quantitative estimate of drug-likeness (QED) is 0.716. The third kappa shape index (κ3) is 2.98. The van der Waals surface area contributed by atoms with E-state index in [0.717, 1.165) is 12.3 Å². The smallest absolute Gasteiger partial charge is 0.0670 e. The molecule has 1 N–H and O–H groups in total. The van der Waals surface area contributed by atoms with E-state index >= 15 is 0 Å². The SMILES string of the molecule is CC(C)(C)C(C)(O)CC1CCCCC1. The zero-order valence-electron chi connectivity index (χ0n) is 10.3. The molecule has 0 aromatic rings. The summed E-state index contributed by atoms with van der Waals surface area (Å²) in [6, 6.07) is 0. The van der Waals surface area contributed by atoms with Gasteiger partial charge in [0.15, 0.2) is 0 Å². The number of hydrogen-bond acceptors (Lipinski definition) is 1. The molecule has 1 aliphatic carbocycles. The topological polar surface area (TPSA) is 20.2 Å². The van der Waals surface area contributed by atoms with Gasteiger partial charge in [0.05, 0.1) is 5.60 Å². The van der Waals surface area contributed by atoms with Gasteiger partial charge in [-0.25, -0.2) is 0 Å².